The lowest BCUT2D eigenvalue weighted by Crippen LogP contribution is -2.31. The lowest BCUT2D eigenvalue weighted by atomic mass is 9.87. The Kier molecular flexibility index (Phi) is 6.72. The summed E-state index contributed by atoms with van der Waals surface area (Å²) in [5.41, 5.74) is 1.84. The third-order valence-electron chi connectivity index (χ3n) is 4.67. The number of para-hydroxylation sites is 1. The van der Waals surface area contributed by atoms with Crippen LogP contribution in [0, 0.1) is 0 Å². The Hall–Kier alpha value is -2.83. The highest BCUT2D eigenvalue weighted by Crippen LogP contribution is 2.24. The van der Waals surface area contributed by atoms with E-state index < -0.39 is 15.9 Å². The average molecular weight is 458 g/mol. The molecule has 0 bridgehead atoms. The Bertz CT molecular complexity index is 1180. The molecular weight excluding hydrogens is 434 g/mol. The van der Waals surface area contributed by atoms with Crippen LogP contribution in [0.3, 0.4) is 0 Å². The fraction of sp³-hybridized carbons (Fsp3) is 0.208. The van der Waals surface area contributed by atoms with Gasteiger partial charge in [-0.25, -0.2) is 13.1 Å². The Morgan fingerprint density at radius 3 is 2.29 bits per heavy atom. The van der Waals surface area contributed by atoms with Crippen molar-refractivity contribution in [3.8, 4) is 5.75 Å². The predicted octanol–water partition coefficient (Wildman–Crippen LogP) is 5.34. The van der Waals surface area contributed by atoms with Gasteiger partial charge in [-0.05, 0) is 52.9 Å². The van der Waals surface area contributed by atoms with Gasteiger partial charge in [0, 0.05) is 5.02 Å². The number of hydrogen-bond acceptors (Lipinski definition) is 4. The van der Waals surface area contributed by atoms with Crippen molar-refractivity contribution in [1.29, 1.82) is 0 Å². The molecule has 0 aromatic heterocycles. The number of halogens is 1. The van der Waals surface area contributed by atoms with Crippen LogP contribution in [-0.2, 0) is 22.0 Å². The first-order valence-electron chi connectivity index (χ1n) is 9.70. The van der Waals surface area contributed by atoms with Gasteiger partial charge in [0.15, 0.2) is 0 Å². The fourth-order valence-corrected chi connectivity index (χ4v) is 4.12. The molecule has 0 aliphatic carbocycles. The molecule has 0 fully saturated rings. The molecule has 3 aromatic rings. The van der Waals surface area contributed by atoms with Gasteiger partial charge in [0.25, 0.3) is 15.9 Å². The summed E-state index contributed by atoms with van der Waals surface area (Å²) in [7, 11) is -4.03. The Morgan fingerprint density at radius 2 is 1.65 bits per heavy atom. The van der Waals surface area contributed by atoms with Crippen LogP contribution in [0.25, 0.3) is 0 Å². The first-order chi connectivity index (χ1) is 14.6. The van der Waals surface area contributed by atoms with E-state index in [0.29, 0.717) is 5.02 Å². The van der Waals surface area contributed by atoms with Crippen molar-refractivity contribution >= 4 is 27.5 Å². The summed E-state index contributed by atoms with van der Waals surface area (Å²) in [6.45, 7) is 6.31. The number of nitrogens with one attached hydrogen (secondary N) is 1. The second-order valence-corrected chi connectivity index (χ2v) is 10.2. The number of amides is 1. The molecule has 0 aliphatic rings. The number of carbonyl (C=O) groups is 1. The Labute approximate surface area is 188 Å². The fourth-order valence-electron chi connectivity index (χ4n) is 2.94. The maximum atomic E-state index is 12.8. The molecule has 0 heterocycles. The van der Waals surface area contributed by atoms with Crippen LogP contribution in [0.4, 0.5) is 0 Å². The minimum atomic E-state index is -4.03. The smallest absolute Gasteiger partial charge is 0.268 e. The summed E-state index contributed by atoms with van der Waals surface area (Å²) < 4.78 is 33.3. The summed E-state index contributed by atoms with van der Waals surface area (Å²) in [4.78, 5) is 12.8. The van der Waals surface area contributed by atoms with Crippen LogP contribution in [0.2, 0.25) is 5.02 Å². The van der Waals surface area contributed by atoms with Gasteiger partial charge in [-0.1, -0.05) is 68.8 Å². The van der Waals surface area contributed by atoms with E-state index in [0.717, 1.165) is 11.1 Å². The maximum Gasteiger partial charge on any atom is 0.268 e. The molecule has 3 rings (SSSR count). The normalized spacial score (nSPS) is 11.7. The SMILES string of the molecule is CC(C)(C)c1ccc(S(=O)(=O)NC(=O)c2ccccc2OCc2cccc(Cl)c2)cc1. The molecule has 0 saturated carbocycles. The zero-order valence-electron chi connectivity index (χ0n) is 17.6. The number of ether oxygens (including phenoxy) is 1. The monoisotopic (exact) mass is 457 g/mol. The van der Waals surface area contributed by atoms with Crippen molar-refractivity contribution in [1.82, 2.24) is 4.72 Å². The second-order valence-electron chi connectivity index (χ2n) is 8.12. The maximum absolute atomic E-state index is 12.8. The van der Waals surface area contributed by atoms with Crippen LogP contribution in [0.1, 0.15) is 42.3 Å². The third kappa shape index (κ3) is 5.87. The van der Waals surface area contributed by atoms with Crippen LogP contribution in [0.15, 0.2) is 77.7 Å². The Morgan fingerprint density at radius 1 is 0.968 bits per heavy atom. The first-order valence-corrected chi connectivity index (χ1v) is 11.6. The van der Waals surface area contributed by atoms with Gasteiger partial charge < -0.3 is 4.74 Å². The molecule has 0 unspecified atom stereocenters. The van der Waals surface area contributed by atoms with E-state index in [-0.39, 0.29) is 28.2 Å². The number of sulfonamides is 1. The van der Waals surface area contributed by atoms with Gasteiger partial charge in [-0.15, -0.1) is 0 Å². The summed E-state index contributed by atoms with van der Waals surface area (Å²) in [5, 5.41) is 0.579. The zero-order chi connectivity index (χ0) is 22.6. The van der Waals surface area contributed by atoms with Crippen molar-refractivity contribution < 1.29 is 17.9 Å². The highest BCUT2D eigenvalue weighted by molar-refractivity contribution is 7.90. The van der Waals surface area contributed by atoms with E-state index in [1.54, 1.807) is 48.5 Å². The molecular formula is C24H24ClNO4S. The second kappa shape index (κ2) is 9.12. The molecule has 0 atom stereocenters. The van der Waals surface area contributed by atoms with Gasteiger partial charge >= 0.3 is 0 Å². The molecule has 3 aromatic carbocycles. The number of rotatable bonds is 6. The van der Waals surface area contributed by atoms with Gasteiger partial charge in [0.05, 0.1) is 10.5 Å². The van der Waals surface area contributed by atoms with Crippen molar-refractivity contribution in [3.63, 3.8) is 0 Å². The largest absolute Gasteiger partial charge is 0.488 e. The average Bonchev–Trinajstić information content (AvgIpc) is 2.72. The molecule has 1 amide bonds. The van der Waals surface area contributed by atoms with Crippen molar-refractivity contribution in [2.45, 2.75) is 37.7 Å². The number of hydrogen-bond donors (Lipinski definition) is 1. The van der Waals surface area contributed by atoms with Crippen LogP contribution in [-0.4, -0.2) is 14.3 Å². The standard InChI is InChI=1S/C24H24ClNO4S/c1-24(2,3)18-11-13-20(14-12-18)31(28,29)26-23(27)21-9-4-5-10-22(21)30-16-17-7-6-8-19(25)15-17/h4-15H,16H2,1-3H3,(H,26,27). The molecule has 5 nitrogen and oxygen atoms in total. The quantitative estimate of drug-likeness (QED) is 0.542. The summed E-state index contributed by atoms with van der Waals surface area (Å²) >= 11 is 5.99. The molecule has 162 valence electrons. The molecule has 0 aliphatic heterocycles. The van der Waals surface area contributed by atoms with E-state index >= 15 is 0 Å². The van der Waals surface area contributed by atoms with Crippen LogP contribution >= 0.6 is 11.6 Å². The van der Waals surface area contributed by atoms with E-state index in [9.17, 15) is 13.2 Å². The van der Waals surface area contributed by atoms with Gasteiger partial charge in [0.2, 0.25) is 0 Å². The Balaban J connectivity index is 1.77. The molecule has 1 N–H and O–H groups in total. The summed E-state index contributed by atoms with van der Waals surface area (Å²) in [5.74, 6) is -0.486. The van der Waals surface area contributed by atoms with Crippen LogP contribution < -0.4 is 9.46 Å². The third-order valence-corrected chi connectivity index (χ3v) is 6.25. The van der Waals surface area contributed by atoms with E-state index in [1.807, 2.05) is 26.8 Å². The van der Waals surface area contributed by atoms with Gasteiger partial charge in [0.1, 0.15) is 12.4 Å². The highest BCUT2D eigenvalue weighted by atomic mass is 35.5. The van der Waals surface area contributed by atoms with Crippen LogP contribution in [0.5, 0.6) is 5.75 Å². The molecule has 31 heavy (non-hydrogen) atoms. The highest BCUT2D eigenvalue weighted by Gasteiger charge is 2.22. The summed E-state index contributed by atoms with van der Waals surface area (Å²) in [6.07, 6.45) is 0. The lowest BCUT2D eigenvalue weighted by Gasteiger charge is -2.19. The van der Waals surface area contributed by atoms with Crippen molar-refractivity contribution in [3.05, 3.63) is 94.5 Å². The zero-order valence-corrected chi connectivity index (χ0v) is 19.1. The number of carbonyl (C=O) groups excluding carboxylic acids is 1. The minimum absolute atomic E-state index is 0.0196. The topological polar surface area (TPSA) is 72.5 Å². The minimum Gasteiger partial charge on any atom is -0.488 e. The van der Waals surface area contributed by atoms with Crippen molar-refractivity contribution in [2.75, 3.05) is 0 Å². The van der Waals surface area contributed by atoms with E-state index in [4.69, 9.17) is 16.3 Å². The summed E-state index contributed by atoms with van der Waals surface area (Å²) in [6, 6.07) is 20.1. The lowest BCUT2D eigenvalue weighted by molar-refractivity contribution is 0.0977. The molecule has 0 radical (unpaired) electrons. The molecule has 0 saturated heterocycles. The number of benzene rings is 3. The van der Waals surface area contributed by atoms with Gasteiger partial charge in [-0.2, -0.15) is 0 Å². The molecule has 0 spiro atoms. The predicted molar refractivity (Wildman–Crippen MR) is 122 cm³/mol. The van der Waals surface area contributed by atoms with Crippen molar-refractivity contribution in [2.24, 2.45) is 0 Å². The van der Waals surface area contributed by atoms with E-state index in [1.165, 1.54) is 18.2 Å². The van der Waals surface area contributed by atoms with E-state index in [2.05, 4.69) is 4.72 Å². The molecule has 7 heteroatoms. The van der Waals surface area contributed by atoms with Gasteiger partial charge in [-0.3, -0.25) is 4.79 Å². The first kappa shape index (κ1) is 22.8.